The first-order chi connectivity index (χ1) is 14.2. The molecule has 0 amide bonds. The Hall–Kier alpha value is -2.24. The van der Waals surface area contributed by atoms with Gasteiger partial charge in [0, 0.05) is 27.4 Å². The van der Waals surface area contributed by atoms with Crippen LogP contribution < -0.4 is 4.74 Å². The maximum absolute atomic E-state index is 5.96. The number of unbranched alkanes of at least 4 members (excludes halogenated alkanes) is 3. The second kappa shape index (κ2) is 11.1. The molecule has 0 unspecified atom stereocenters. The van der Waals surface area contributed by atoms with Crippen molar-refractivity contribution < 1.29 is 4.74 Å². The van der Waals surface area contributed by atoms with Gasteiger partial charge in [-0.2, -0.15) is 5.10 Å². The number of rotatable bonds is 11. The summed E-state index contributed by atoms with van der Waals surface area (Å²) in [5.41, 5.74) is 1.95. The van der Waals surface area contributed by atoms with Crippen molar-refractivity contribution in [3.05, 3.63) is 65.8 Å². The predicted molar refractivity (Wildman–Crippen MR) is 124 cm³/mol. The summed E-state index contributed by atoms with van der Waals surface area (Å²) in [5, 5.41) is 10.7. The van der Waals surface area contributed by atoms with Gasteiger partial charge >= 0.3 is 0 Å². The average molecular weight is 454 g/mol. The maximum atomic E-state index is 5.96. The number of aromatic nitrogens is 2. The van der Waals surface area contributed by atoms with Crippen molar-refractivity contribution in [2.45, 2.75) is 25.7 Å². The van der Waals surface area contributed by atoms with Crippen molar-refractivity contribution in [3.63, 3.8) is 0 Å². The van der Waals surface area contributed by atoms with Crippen LogP contribution in [-0.4, -0.2) is 41.8 Å². The molecule has 0 bridgehead atoms. The van der Waals surface area contributed by atoms with E-state index in [0.717, 1.165) is 58.4 Å². The molecule has 3 rings (SSSR count). The average Bonchev–Trinajstić information content (AvgIpc) is 2.73. The Bertz CT molecular complexity index is 927. The SMILES string of the molecule is C=CCN(C)CCCCCCOc1ccc2c(-c3ccc(Br)cc3)nncc2c1. The summed E-state index contributed by atoms with van der Waals surface area (Å²) in [6.45, 7) is 6.60. The summed E-state index contributed by atoms with van der Waals surface area (Å²) in [6.07, 6.45) is 8.46. The zero-order valence-electron chi connectivity index (χ0n) is 17.0. The summed E-state index contributed by atoms with van der Waals surface area (Å²) < 4.78 is 7.01. The molecule has 1 aromatic heterocycles. The molecule has 29 heavy (non-hydrogen) atoms. The minimum atomic E-state index is 0.742. The predicted octanol–water partition coefficient (Wildman–Crippen LogP) is 6.12. The van der Waals surface area contributed by atoms with Gasteiger partial charge in [0.2, 0.25) is 0 Å². The molecule has 4 nitrogen and oxygen atoms in total. The van der Waals surface area contributed by atoms with Gasteiger partial charge in [0.25, 0.3) is 0 Å². The Morgan fingerprint density at radius 3 is 2.66 bits per heavy atom. The van der Waals surface area contributed by atoms with Gasteiger partial charge in [-0.05, 0) is 56.8 Å². The lowest BCUT2D eigenvalue weighted by molar-refractivity contribution is 0.300. The van der Waals surface area contributed by atoms with Crippen LogP contribution in [0.4, 0.5) is 0 Å². The van der Waals surface area contributed by atoms with E-state index < -0.39 is 0 Å². The Morgan fingerprint density at radius 1 is 1.07 bits per heavy atom. The largest absolute Gasteiger partial charge is 0.494 e. The van der Waals surface area contributed by atoms with Crippen molar-refractivity contribution in [1.82, 2.24) is 15.1 Å². The van der Waals surface area contributed by atoms with Crippen molar-refractivity contribution in [2.75, 3.05) is 26.7 Å². The third kappa shape index (κ3) is 6.38. The lowest BCUT2D eigenvalue weighted by Crippen LogP contribution is -2.19. The number of fused-ring (bicyclic) bond motifs is 1. The van der Waals surface area contributed by atoms with E-state index in [-0.39, 0.29) is 0 Å². The fourth-order valence-electron chi connectivity index (χ4n) is 3.32. The van der Waals surface area contributed by atoms with Crippen LogP contribution in [0.3, 0.4) is 0 Å². The van der Waals surface area contributed by atoms with Gasteiger partial charge < -0.3 is 9.64 Å². The van der Waals surface area contributed by atoms with Gasteiger partial charge in [0.15, 0.2) is 0 Å². The lowest BCUT2D eigenvalue weighted by Gasteiger charge is -2.13. The Balaban J connectivity index is 1.51. The fourth-order valence-corrected chi connectivity index (χ4v) is 3.58. The standard InChI is InChI=1S/C24H28BrN3O/c1-3-14-28(2)15-6-4-5-7-16-29-22-12-13-23-20(17-22)18-26-27-24(23)19-8-10-21(25)11-9-19/h3,8-13,17-18H,1,4-7,14-16H2,2H3. The second-order valence-corrected chi connectivity index (χ2v) is 8.18. The first-order valence-corrected chi connectivity index (χ1v) is 10.9. The van der Waals surface area contributed by atoms with Crippen LogP contribution in [0.25, 0.3) is 22.0 Å². The molecule has 5 heteroatoms. The molecular formula is C24H28BrN3O. The molecular weight excluding hydrogens is 426 g/mol. The summed E-state index contributed by atoms with van der Waals surface area (Å²) in [6, 6.07) is 14.3. The third-order valence-corrected chi connectivity index (χ3v) is 5.42. The highest BCUT2D eigenvalue weighted by Gasteiger charge is 2.07. The summed E-state index contributed by atoms with van der Waals surface area (Å²) in [5.74, 6) is 0.887. The minimum Gasteiger partial charge on any atom is -0.494 e. The van der Waals surface area contributed by atoms with Crippen LogP contribution in [0.2, 0.25) is 0 Å². The molecule has 152 valence electrons. The number of hydrogen-bond acceptors (Lipinski definition) is 4. The Kier molecular flexibility index (Phi) is 8.20. The van der Waals surface area contributed by atoms with E-state index in [1.54, 1.807) is 6.20 Å². The number of benzene rings is 2. The Morgan fingerprint density at radius 2 is 1.86 bits per heavy atom. The van der Waals surface area contributed by atoms with E-state index in [1.807, 2.05) is 36.4 Å². The highest BCUT2D eigenvalue weighted by Crippen LogP contribution is 2.29. The smallest absolute Gasteiger partial charge is 0.119 e. The zero-order chi connectivity index (χ0) is 20.5. The van der Waals surface area contributed by atoms with Crippen molar-refractivity contribution in [2.24, 2.45) is 0 Å². The van der Waals surface area contributed by atoms with Crippen LogP contribution >= 0.6 is 15.9 Å². The van der Waals surface area contributed by atoms with E-state index in [2.05, 4.69) is 56.8 Å². The van der Waals surface area contributed by atoms with E-state index in [1.165, 1.54) is 19.3 Å². The van der Waals surface area contributed by atoms with E-state index >= 15 is 0 Å². The van der Waals surface area contributed by atoms with Crippen LogP contribution in [0.5, 0.6) is 5.75 Å². The first kappa shape index (κ1) is 21.5. The molecule has 0 atom stereocenters. The molecule has 0 aliphatic carbocycles. The van der Waals surface area contributed by atoms with E-state index in [9.17, 15) is 0 Å². The number of halogens is 1. The van der Waals surface area contributed by atoms with Crippen molar-refractivity contribution in [1.29, 1.82) is 0 Å². The van der Waals surface area contributed by atoms with Crippen LogP contribution in [0.1, 0.15) is 25.7 Å². The van der Waals surface area contributed by atoms with E-state index in [4.69, 9.17) is 4.74 Å². The van der Waals surface area contributed by atoms with Crippen molar-refractivity contribution >= 4 is 26.7 Å². The van der Waals surface area contributed by atoms with Gasteiger partial charge in [-0.3, -0.25) is 0 Å². The van der Waals surface area contributed by atoms with Gasteiger partial charge in [-0.1, -0.05) is 47.0 Å². The molecule has 1 heterocycles. The maximum Gasteiger partial charge on any atom is 0.119 e. The van der Waals surface area contributed by atoms with Crippen LogP contribution in [0.15, 0.2) is 65.8 Å². The number of ether oxygens (including phenoxy) is 1. The molecule has 0 aliphatic heterocycles. The molecule has 0 N–H and O–H groups in total. The number of hydrogen-bond donors (Lipinski definition) is 0. The molecule has 0 spiro atoms. The second-order valence-electron chi connectivity index (χ2n) is 7.26. The van der Waals surface area contributed by atoms with Gasteiger partial charge in [0.1, 0.15) is 11.4 Å². The quantitative estimate of drug-likeness (QED) is 0.259. The van der Waals surface area contributed by atoms with Gasteiger partial charge in [-0.25, -0.2) is 0 Å². The van der Waals surface area contributed by atoms with Crippen LogP contribution in [0, 0.1) is 0 Å². The highest BCUT2D eigenvalue weighted by atomic mass is 79.9. The molecule has 3 aromatic rings. The highest BCUT2D eigenvalue weighted by molar-refractivity contribution is 9.10. The summed E-state index contributed by atoms with van der Waals surface area (Å²) in [7, 11) is 2.14. The summed E-state index contributed by atoms with van der Waals surface area (Å²) >= 11 is 3.48. The molecule has 0 radical (unpaired) electrons. The number of nitrogens with zero attached hydrogens (tertiary/aromatic N) is 3. The number of likely N-dealkylation sites (N-methyl/N-ethyl adjacent to an activating group) is 1. The zero-order valence-corrected chi connectivity index (χ0v) is 18.6. The third-order valence-electron chi connectivity index (χ3n) is 4.89. The van der Waals surface area contributed by atoms with Gasteiger partial charge in [-0.15, -0.1) is 11.7 Å². The normalized spacial score (nSPS) is 11.1. The Labute approximate surface area is 181 Å². The molecule has 0 aliphatic rings. The monoisotopic (exact) mass is 453 g/mol. The fraction of sp³-hybridized carbons (Fsp3) is 0.333. The lowest BCUT2D eigenvalue weighted by atomic mass is 10.1. The van der Waals surface area contributed by atoms with Gasteiger partial charge in [0.05, 0.1) is 12.8 Å². The summed E-state index contributed by atoms with van der Waals surface area (Å²) in [4.78, 5) is 2.30. The molecule has 0 saturated heterocycles. The topological polar surface area (TPSA) is 38.2 Å². The van der Waals surface area contributed by atoms with Crippen LogP contribution in [-0.2, 0) is 0 Å². The molecule has 0 saturated carbocycles. The minimum absolute atomic E-state index is 0.742. The van der Waals surface area contributed by atoms with Crippen molar-refractivity contribution in [3.8, 4) is 17.0 Å². The molecule has 2 aromatic carbocycles. The first-order valence-electron chi connectivity index (χ1n) is 10.1. The van der Waals surface area contributed by atoms with E-state index in [0.29, 0.717) is 0 Å². The molecule has 0 fully saturated rings.